The summed E-state index contributed by atoms with van der Waals surface area (Å²) in [7, 11) is 0. The largest absolute Gasteiger partial charge is 0.291 e. The van der Waals surface area contributed by atoms with Gasteiger partial charge in [0.05, 0.1) is 4.83 Å². The van der Waals surface area contributed by atoms with Gasteiger partial charge in [0.15, 0.2) is 5.78 Å². The summed E-state index contributed by atoms with van der Waals surface area (Å²) in [5.74, 6) is -0.131. The maximum Gasteiger partial charge on any atom is 0.212 e. The van der Waals surface area contributed by atoms with Crippen LogP contribution in [-0.2, 0) is 9.59 Å². The van der Waals surface area contributed by atoms with E-state index in [1.807, 2.05) is 0 Å². The van der Waals surface area contributed by atoms with Crippen molar-refractivity contribution < 1.29 is 9.59 Å². The molecule has 2 atom stereocenters. The third-order valence-electron chi connectivity index (χ3n) is 4.07. The molecule has 0 heterocycles. The van der Waals surface area contributed by atoms with Crippen molar-refractivity contribution in [3.63, 3.8) is 0 Å². The summed E-state index contributed by atoms with van der Waals surface area (Å²) in [5.41, 5.74) is 0. The van der Waals surface area contributed by atoms with Gasteiger partial charge in [-0.15, -0.1) is 0 Å². The Bertz CT molecular complexity index is 288. The maximum atomic E-state index is 11.4. The fourth-order valence-corrected chi connectivity index (χ4v) is 3.48. The number of rotatable bonds is 10. The van der Waals surface area contributed by atoms with Crippen molar-refractivity contribution in [1.29, 1.82) is 0 Å². The molecule has 0 amide bonds. The summed E-state index contributed by atoms with van der Waals surface area (Å²) in [6.07, 6.45) is 13.3. The van der Waals surface area contributed by atoms with E-state index in [1.54, 1.807) is 0 Å². The van der Waals surface area contributed by atoms with Crippen LogP contribution in [0, 0.1) is 5.92 Å². The van der Waals surface area contributed by atoms with Crippen LogP contribution in [0.3, 0.4) is 0 Å². The number of halogens is 1. The lowest BCUT2D eigenvalue weighted by molar-refractivity contribution is -0.133. The molecule has 1 rings (SSSR count). The molecular weight excluding hydrogens is 304 g/mol. The summed E-state index contributed by atoms with van der Waals surface area (Å²) in [5, 5.41) is 0. The van der Waals surface area contributed by atoms with Crippen molar-refractivity contribution in [2.75, 3.05) is 0 Å². The van der Waals surface area contributed by atoms with Crippen molar-refractivity contribution in [2.24, 2.45) is 5.92 Å². The van der Waals surface area contributed by atoms with E-state index in [0.717, 1.165) is 12.8 Å². The van der Waals surface area contributed by atoms with E-state index in [2.05, 4.69) is 22.9 Å². The summed E-state index contributed by atoms with van der Waals surface area (Å²) in [4.78, 5) is 22.5. The van der Waals surface area contributed by atoms with Crippen molar-refractivity contribution >= 4 is 27.5 Å². The molecule has 0 aromatic heterocycles. The van der Waals surface area contributed by atoms with E-state index in [-0.39, 0.29) is 22.3 Å². The van der Waals surface area contributed by atoms with Crippen LogP contribution in [0.2, 0.25) is 0 Å². The molecule has 110 valence electrons. The van der Waals surface area contributed by atoms with Crippen LogP contribution in [0.5, 0.6) is 0 Å². The van der Waals surface area contributed by atoms with Crippen molar-refractivity contribution in [3.8, 4) is 0 Å². The van der Waals surface area contributed by atoms with E-state index < -0.39 is 0 Å². The molecule has 2 nitrogen and oxygen atoms in total. The minimum atomic E-state index is -0.207. The summed E-state index contributed by atoms with van der Waals surface area (Å²) < 4.78 is 0. The molecule has 1 aliphatic rings. The molecule has 3 heteroatoms. The Morgan fingerprint density at radius 2 is 1.47 bits per heavy atom. The second-order valence-electron chi connectivity index (χ2n) is 5.77. The van der Waals surface area contributed by atoms with Gasteiger partial charge in [-0.25, -0.2) is 0 Å². The van der Waals surface area contributed by atoms with Gasteiger partial charge in [-0.1, -0.05) is 80.6 Å². The monoisotopic (exact) mass is 330 g/mol. The fraction of sp³-hybridized carbons (Fsp3) is 0.875. The van der Waals surface area contributed by atoms with Crippen LogP contribution in [0.15, 0.2) is 0 Å². The van der Waals surface area contributed by atoms with E-state index in [1.165, 1.54) is 51.4 Å². The number of hydrogen-bond donors (Lipinski definition) is 0. The Hall–Kier alpha value is -0.180. The topological polar surface area (TPSA) is 34.1 Å². The van der Waals surface area contributed by atoms with E-state index in [9.17, 15) is 9.59 Å². The number of hydrogen-bond acceptors (Lipinski definition) is 2. The minimum absolute atomic E-state index is 0.178. The SMILES string of the molecule is CCCCCCCCCCCC1CC(=O)C(=O)C1Br. The van der Waals surface area contributed by atoms with Gasteiger partial charge in [-0.2, -0.15) is 0 Å². The predicted molar refractivity (Wildman–Crippen MR) is 82.7 cm³/mol. The molecule has 1 aliphatic carbocycles. The zero-order chi connectivity index (χ0) is 14.1. The molecule has 0 aliphatic heterocycles. The molecular formula is C16H27BrO2. The highest BCUT2D eigenvalue weighted by molar-refractivity contribution is 9.10. The van der Waals surface area contributed by atoms with Gasteiger partial charge in [-0.3, -0.25) is 9.59 Å². The second-order valence-corrected chi connectivity index (χ2v) is 6.76. The summed E-state index contributed by atoms with van der Waals surface area (Å²) >= 11 is 3.36. The average Bonchev–Trinajstić information content (AvgIpc) is 2.64. The first-order valence-corrected chi connectivity index (χ1v) is 8.79. The Labute approximate surface area is 125 Å². The van der Waals surface area contributed by atoms with Crippen LogP contribution in [0.4, 0.5) is 0 Å². The van der Waals surface area contributed by atoms with Crippen LogP contribution in [0.25, 0.3) is 0 Å². The normalized spacial score (nSPS) is 23.3. The van der Waals surface area contributed by atoms with Gasteiger partial charge in [0.25, 0.3) is 0 Å². The zero-order valence-electron chi connectivity index (χ0n) is 12.1. The van der Waals surface area contributed by atoms with E-state index in [4.69, 9.17) is 0 Å². The number of Topliss-reactive ketones (excluding diaryl/α,β-unsaturated/α-hetero) is 2. The highest BCUT2D eigenvalue weighted by Crippen LogP contribution is 2.30. The van der Waals surface area contributed by atoms with Gasteiger partial charge in [0, 0.05) is 6.42 Å². The Kier molecular flexibility index (Phi) is 8.60. The number of carbonyl (C=O) groups excluding carboxylic acids is 2. The van der Waals surface area contributed by atoms with Crippen LogP contribution >= 0.6 is 15.9 Å². The standard InChI is InChI=1S/C16H27BrO2/c1-2-3-4-5-6-7-8-9-10-11-13-12-14(18)16(19)15(13)17/h13,15H,2-12H2,1H3. The molecule has 0 bridgehead atoms. The summed E-state index contributed by atoms with van der Waals surface area (Å²) in [6, 6.07) is 0. The van der Waals surface area contributed by atoms with Crippen molar-refractivity contribution in [1.82, 2.24) is 0 Å². The Morgan fingerprint density at radius 3 is 1.95 bits per heavy atom. The van der Waals surface area contributed by atoms with Crippen LogP contribution in [-0.4, -0.2) is 16.4 Å². The number of ketones is 2. The van der Waals surface area contributed by atoms with E-state index in [0.29, 0.717) is 6.42 Å². The molecule has 19 heavy (non-hydrogen) atoms. The van der Waals surface area contributed by atoms with Gasteiger partial charge in [-0.05, 0) is 12.3 Å². The molecule has 0 spiro atoms. The van der Waals surface area contributed by atoms with Crippen LogP contribution in [0.1, 0.15) is 77.6 Å². The first-order chi connectivity index (χ1) is 9.16. The third-order valence-corrected chi connectivity index (χ3v) is 5.23. The fourth-order valence-electron chi connectivity index (χ4n) is 2.78. The molecule has 1 saturated carbocycles. The number of alkyl halides is 1. The summed E-state index contributed by atoms with van der Waals surface area (Å²) in [6.45, 7) is 2.25. The Balaban J connectivity index is 1.94. The first kappa shape index (κ1) is 16.9. The van der Waals surface area contributed by atoms with E-state index >= 15 is 0 Å². The van der Waals surface area contributed by atoms with Gasteiger partial charge in [0.1, 0.15) is 0 Å². The van der Waals surface area contributed by atoms with Gasteiger partial charge >= 0.3 is 0 Å². The van der Waals surface area contributed by atoms with Crippen molar-refractivity contribution in [2.45, 2.75) is 82.4 Å². The maximum absolute atomic E-state index is 11.4. The molecule has 2 unspecified atom stereocenters. The zero-order valence-corrected chi connectivity index (χ0v) is 13.7. The van der Waals surface area contributed by atoms with Crippen LogP contribution < -0.4 is 0 Å². The van der Waals surface area contributed by atoms with Gasteiger partial charge in [0.2, 0.25) is 5.78 Å². The first-order valence-electron chi connectivity index (χ1n) is 7.88. The lowest BCUT2D eigenvalue weighted by Crippen LogP contribution is -2.16. The molecule has 0 radical (unpaired) electrons. The highest BCUT2D eigenvalue weighted by atomic mass is 79.9. The molecule has 1 fully saturated rings. The second kappa shape index (κ2) is 9.68. The highest BCUT2D eigenvalue weighted by Gasteiger charge is 2.38. The Morgan fingerprint density at radius 1 is 0.947 bits per heavy atom. The smallest absolute Gasteiger partial charge is 0.212 e. The molecule has 0 aromatic carbocycles. The third kappa shape index (κ3) is 6.20. The molecule has 0 aromatic rings. The number of unbranched alkanes of at least 4 members (excludes halogenated alkanes) is 8. The molecule has 0 saturated heterocycles. The lowest BCUT2D eigenvalue weighted by Gasteiger charge is -2.11. The minimum Gasteiger partial charge on any atom is -0.291 e. The number of carbonyl (C=O) groups is 2. The average molecular weight is 331 g/mol. The van der Waals surface area contributed by atoms with Crippen molar-refractivity contribution in [3.05, 3.63) is 0 Å². The molecule has 0 N–H and O–H groups in total. The lowest BCUT2D eigenvalue weighted by atomic mass is 9.98. The predicted octanol–water partition coefficient (Wildman–Crippen LogP) is 4.83. The quantitative estimate of drug-likeness (QED) is 0.326. The van der Waals surface area contributed by atoms with Gasteiger partial charge < -0.3 is 0 Å².